The molecule has 0 atom stereocenters. The lowest BCUT2D eigenvalue weighted by Gasteiger charge is -2.20. The van der Waals surface area contributed by atoms with Gasteiger partial charge in [0, 0.05) is 24.0 Å². The first-order valence-electron chi connectivity index (χ1n) is 8.30. The molecule has 1 amide bonds. The summed E-state index contributed by atoms with van der Waals surface area (Å²) in [6.45, 7) is 1.25. The second-order valence-electron chi connectivity index (χ2n) is 6.07. The van der Waals surface area contributed by atoms with Crippen molar-refractivity contribution in [3.8, 4) is 5.75 Å². The number of methoxy groups -OCH3 is 1. The predicted molar refractivity (Wildman–Crippen MR) is 123 cm³/mol. The molecule has 3 rings (SSSR count). The van der Waals surface area contributed by atoms with Gasteiger partial charge < -0.3 is 9.64 Å². The number of nitrogens with zero attached hydrogens (tertiary/aromatic N) is 3. The van der Waals surface area contributed by atoms with Gasteiger partial charge in [0.15, 0.2) is 5.13 Å². The zero-order valence-electron chi connectivity index (χ0n) is 15.7. The number of carbonyl (C=O) groups is 1. The molecule has 0 aliphatic carbocycles. The molecule has 9 heteroatoms. The third-order valence-corrected chi connectivity index (χ3v) is 6.24. The summed E-state index contributed by atoms with van der Waals surface area (Å²) in [6.07, 6.45) is 3.42. The van der Waals surface area contributed by atoms with Crippen molar-refractivity contribution in [2.45, 2.75) is 0 Å². The number of hydrogen-bond donors (Lipinski definition) is 0. The fraction of sp³-hybridized carbons (Fsp3) is 0.263. The summed E-state index contributed by atoms with van der Waals surface area (Å²) in [4.78, 5) is 22.3. The van der Waals surface area contributed by atoms with Gasteiger partial charge in [0.1, 0.15) is 11.3 Å². The second kappa shape index (κ2) is 10.2. The second-order valence-corrected chi connectivity index (χ2v) is 8.43. The van der Waals surface area contributed by atoms with Gasteiger partial charge in [-0.05, 0) is 43.8 Å². The summed E-state index contributed by atoms with van der Waals surface area (Å²) in [5, 5.41) is 3.19. The molecule has 2 aromatic heterocycles. The van der Waals surface area contributed by atoms with Gasteiger partial charge >= 0.3 is 0 Å². The van der Waals surface area contributed by atoms with E-state index in [9.17, 15) is 4.79 Å². The molecule has 0 spiro atoms. The lowest BCUT2D eigenvalue weighted by atomic mass is 10.3. The van der Waals surface area contributed by atoms with E-state index in [0.29, 0.717) is 28.0 Å². The number of fused-ring (bicyclic) bond motifs is 1. The third-order valence-electron chi connectivity index (χ3n) is 3.87. The Morgan fingerprint density at radius 3 is 2.71 bits per heavy atom. The van der Waals surface area contributed by atoms with Gasteiger partial charge in [-0.15, -0.1) is 23.7 Å². The van der Waals surface area contributed by atoms with Crippen molar-refractivity contribution in [1.82, 2.24) is 9.88 Å². The summed E-state index contributed by atoms with van der Waals surface area (Å²) in [5.41, 5.74) is 0.676. The lowest BCUT2D eigenvalue weighted by Crippen LogP contribution is -2.35. The minimum Gasteiger partial charge on any atom is -0.494 e. The number of aromatic nitrogens is 1. The Kier molecular flexibility index (Phi) is 8.27. The first-order chi connectivity index (χ1) is 13.0. The van der Waals surface area contributed by atoms with Gasteiger partial charge in [-0.3, -0.25) is 9.69 Å². The van der Waals surface area contributed by atoms with E-state index in [1.54, 1.807) is 41.6 Å². The van der Waals surface area contributed by atoms with Crippen LogP contribution in [0.4, 0.5) is 5.13 Å². The average molecular weight is 458 g/mol. The summed E-state index contributed by atoms with van der Waals surface area (Å²) < 4.78 is 6.21. The van der Waals surface area contributed by atoms with E-state index in [0.717, 1.165) is 16.1 Å². The van der Waals surface area contributed by atoms with Crippen LogP contribution in [0.15, 0.2) is 35.7 Å². The van der Waals surface area contributed by atoms with Crippen LogP contribution in [0.3, 0.4) is 0 Å². The monoisotopic (exact) mass is 457 g/mol. The third kappa shape index (κ3) is 5.24. The summed E-state index contributed by atoms with van der Waals surface area (Å²) in [7, 11) is 5.55. The number of halogens is 2. The van der Waals surface area contributed by atoms with E-state index >= 15 is 0 Å². The number of ether oxygens (including phenoxy) is 1. The van der Waals surface area contributed by atoms with Crippen LogP contribution in [0, 0.1) is 0 Å². The van der Waals surface area contributed by atoms with Gasteiger partial charge in [-0.2, -0.15) is 0 Å². The summed E-state index contributed by atoms with van der Waals surface area (Å²) in [5.74, 6) is 0.533. The molecule has 0 aliphatic heterocycles. The predicted octanol–water partition coefficient (Wildman–Crippen LogP) is 5.05. The Bertz CT molecular complexity index is 956. The number of anilines is 1. The van der Waals surface area contributed by atoms with E-state index in [-0.39, 0.29) is 18.3 Å². The molecule has 5 nitrogen and oxygen atoms in total. The van der Waals surface area contributed by atoms with Crippen LogP contribution in [0.1, 0.15) is 4.88 Å². The highest BCUT2D eigenvalue weighted by Crippen LogP contribution is 2.38. The van der Waals surface area contributed by atoms with Crippen molar-refractivity contribution in [2.75, 3.05) is 39.2 Å². The van der Waals surface area contributed by atoms with Crippen LogP contribution < -0.4 is 9.64 Å². The number of rotatable bonds is 7. The van der Waals surface area contributed by atoms with Crippen LogP contribution in [0.2, 0.25) is 5.02 Å². The molecule has 0 N–H and O–H groups in total. The molecule has 28 heavy (non-hydrogen) atoms. The molecule has 0 radical (unpaired) electrons. The molecule has 0 bridgehead atoms. The Morgan fingerprint density at radius 1 is 1.29 bits per heavy atom. The van der Waals surface area contributed by atoms with Crippen molar-refractivity contribution in [3.63, 3.8) is 0 Å². The van der Waals surface area contributed by atoms with Crippen molar-refractivity contribution < 1.29 is 9.53 Å². The zero-order valence-corrected chi connectivity index (χ0v) is 18.9. The average Bonchev–Trinajstić information content (AvgIpc) is 3.30. The van der Waals surface area contributed by atoms with Gasteiger partial charge in [0.05, 0.1) is 16.8 Å². The largest absolute Gasteiger partial charge is 0.494 e. The fourth-order valence-electron chi connectivity index (χ4n) is 2.45. The van der Waals surface area contributed by atoms with Crippen molar-refractivity contribution in [1.29, 1.82) is 0 Å². The number of benzene rings is 1. The number of hydrogen-bond acceptors (Lipinski definition) is 6. The van der Waals surface area contributed by atoms with Crippen molar-refractivity contribution >= 4 is 74.0 Å². The first-order valence-corrected chi connectivity index (χ1v) is 10.4. The number of thiazole rings is 1. The van der Waals surface area contributed by atoms with Crippen molar-refractivity contribution in [3.05, 3.63) is 45.6 Å². The topological polar surface area (TPSA) is 45.7 Å². The van der Waals surface area contributed by atoms with E-state index in [1.807, 2.05) is 42.6 Å². The van der Waals surface area contributed by atoms with Crippen LogP contribution in [-0.2, 0) is 4.79 Å². The normalized spacial score (nSPS) is 11.2. The zero-order chi connectivity index (χ0) is 19.4. The highest BCUT2D eigenvalue weighted by molar-refractivity contribution is 7.23. The fourth-order valence-corrected chi connectivity index (χ4v) is 4.36. The molecule has 0 saturated carbocycles. The molecular formula is C19H21Cl2N3O2S2. The summed E-state index contributed by atoms with van der Waals surface area (Å²) >= 11 is 9.32. The molecular weight excluding hydrogens is 437 g/mol. The molecule has 0 unspecified atom stereocenters. The Labute approximate surface area is 183 Å². The van der Waals surface area contributed by atoms with Gasteiger partial charge in [-0.25, -0.2) is 4.98 Å². The maximum Gasteiger partial charge on any atom is 0.252 e. The molecule has 0 fully saturated rings. The van der Waals surface area contributed by atoms with E-state index in [1.165, 1.54) is 11.3 Å². The Balaban J connectivity index is 0.00000280. The standard InChI is InChI=1S/C19H20ClN3O2S2.ClH/c1-22(2)10-11-23(16(24)9-6-13-5-4-12-26-13)19-21-17-15(25-3)8-7-14(20)18(17)27-19;/h4-9,12H,10-11H2,1-3H3;1H/b9-6+;. The Hall–Kier alpha value is -1.64. The van der Waals surface area contributed by atoms with E-state index in [4.69, 9.17) is 16.3 Å². The summed E-state index contributed by atoms with van der Waals surface area (Å²) in [6, 6.07) is 7.51. The van der Waals surface area contributed by atoms with Gasteiger partial charge in [-0.1, -0.05) is 29.0 Å². The van der Waals surface area contributed by atoms with Crippen LogP contribution in [-0.4, -0.2) is 50.1 Å². The van der Waals surface area contributed by atoms with Crippen LogP contribution in [0.25, 0.3) is 16.3 Å². The van der Waals surface area contributed by atoms with Gasteiger partial charge in [0.25, 0.3) is 5.91 Å². The van der Waals surface area contributed by atoms with Crippen LogP contribution >= 0.6 is 46.7 Å². The molecule has 0 saturated heterocycles. The first kappa shape index (κ1) is 22.6. The lowest BCUT2D eigenvalue weighted by molar-refractivity contribution is -0.114. The van der Waals surface area contributed by atoms with Crippen LogP contribution in [0.5, 0.6) is 5.75 Å². The number of thiophene rings is 1. The maximum absolute atomic E-state index is 12.9. The number of carbonyl (C=O) groups excluding carboxylic acids is 1. The van der Waals surface area contributed by atoms with E-state index < -0.39 is 0 Å². The molecule has 2 heterocycles. The van der Waals surface area contributed by atoms with Crippen molar-refractivity contribution in [2.24, 2.45) is 0 Å². The molecule has 0 aliphatic rings. The van der Waals surface area contributed by atoms with Gasteiger partial charge in [0.2, 0.25) is 0 Å². The molecule has 1 aromatic carbocycles. The van der Waals surface area contributed by atoms with E-state index in [2.05, 4.69) is 4.98 Å². The Morgan fingerprint density at radius 2 is 2.07 bits per heavy atom. The highest BCUT2D eigenvalue weighted by Gasteiger charge is 2.20. The highest BCUT2D eigenvalue weighted by atomic mass is 35.5. The number of likely N-dealkylation sites (N-methyl/N-ethyl adjacent to an activating group) is 1. The smallest absolute Gasteiger partial charge is 0.252 e. The minimum absolute atomic E-state index is 0. The molecule has 3 aromatic rings. The minimum atomic E-state index is -0.112. The maximum atomic E-state index is 12.9. The molecule has 150 valence electrons. The quantitative estimate of drug-likeness (QED) is 0.465. The number of amides is 1. The SMILES string of the molecule is COc1ccc(Cl)c2sc(N(CCN(C)C)C(=O)/C=C/c3cccs3)nc12.Cl.